The lowest BCUT2D eigenvalue weighted by Gasteiger charge is -2.20. The molecule has 0 radical (unpaired) electrons. The largest absolute Gasteiger partial charge is 0.257 e. The van der Waals surface area contributed by atoms with Gasteiger partial charge in [0.05, 0.1) is 23.1 Å². The van der Waals surface area contributed by atoms with Crippen molar-refractivity contribution in [3.63, 3.8) is 0 Å². The molecule has 0 amide bonds. The summed E-state index contributed by atoms with van der Waals surface area (Å²) in [5.41, 5.74) is 4.49. The van der Waals surface area contributed by atoms with E-state index in [2.05, 4.69) is 69.2 Å². The number of hydrogen-bond acceptors (Lipinski definition) is 2. The van der Waals surface area contributed by atoms with E-state index in [1.165, 1.54) is 5.71 Å². The molecule has 3 nitrogen and oxygen atoms in total. The highest BCUT2D eigenvalue weighted by Crippen LogP contribution is 2.24. The van der Waals surface area contributed by atoms with Crippen LogP contribution in [0.15, 0.2) is 59.7 Å². The number of nitrogens with zero attached hydrogens (tertiary/aromatic N) is 3. The SMILES string of the molecule is CCC(=Nc1ccc(-n2ncc3ccccc32)cc1)C(C)(C)C. The molecule has 0 bridgehead atoms. The monoisotopic (exact) mass is 305 g/mol. The molecule has 3 rings (SSSR count). The van der Waals surface area contributed by atoms with Crippen LogP contribution in [0, 0.1) is 5.41 Å². The molecule has 0 spiro atoms. The Morgan fingerprint density at radius 3 is 2.39 bits per heavy atom. The highest BCUT2D eigenvalue weighted by Gasteiger charge is 2.17. The molecule has 2 aromatic carbocycles. The van der Waals surface area contributed by atoms with Crippen LogP contribution in [-0.2, 0) is 0 Å². The molecule has 0 aliphatic heterocycles. The zero-order chi connectivity index (χ0) is 16.4. The number of hydrogen-bond donors (Lipinski definition) is 0. The van der Waals surface area contributed by atoms with Crippen LogP contribution in [0.1, 0.15) is 34.1 Å². The fourth-order valence-electron chi connectivity index (χ4n) is 2.78. The molecule has 0 N–H and O–H groups in total. The van der Waals surface area contributed by atoms with Crippen molar-refractivity contribution in [2.24, 2.45) is 10.4 Å². The van der Waals surface area contributed by atoms with Gasteiger partial charge in [0.25, 0.3) is 0 Å². The fraction of sp³-hybridized carbons (Fsp3) is 0.300. The summed E-state index contributed by atoms with van der Waals surface area (Å²) >= 11 is 0. The van der Waals surface area contributed by atoms with Gasteiger partial charge in [0.2, 0.25) is 0 Å². The van der Waals surface area contributed by atoms with Gasteiger partial charge in [0.1, 0.15) is 0 Å². The summed E-state index contributed by atoms with van der Waals surface area (Å²) in [7, 11) is 0. The maximum absolute atomic E-state index is 4.82. The van der Waals surface area contributed by atoms with Gasteiger partial charge in [-0.15, -0.1) is 0 Å². The number of rotatable bonds is 3. The predicted octanol–water partition coefficient (Wildman–Crippen LogP) is 5.55. The molecule has 0 saturated heterocycles. The van der Waals surface area contributed by atoms with Gasteiger partial charge in [-0.3, -0.25) is 4.99 Å². The first kappa shape index (κ1) is 15.5. The lowest BCUT2D eigenvalue weighted by atomic mass is 9.88. The standard InChI is InChI=1S/C20H23N3/c1-5-19(20(2,3)4)22-16-10-12-17(13-11-16)23-18-9-7-6-8-15(18)14-21-23/h6-14H,5H2,1-4H3. The van der Waals surface area contributed by atoms with Gasteiger partial charge >= 0.3 is 0 Å². The van der Waals surface area contributed by atoms with Gasteiger partial charge in [0, 0.05) is 16.5 Å². The zero-order valence-corrected chi connectivity index (χ0v) is 14.2. The van der Waals surface area contributed by atoms with Gasteiger partial charge in [-0.2, -0.15) is 5.10 Å². The molecular formula is C20H23N3. The van der Waals surface area contributed by atoms with Crippen molar-refractivity contribution in [1.82, 2.24) is 9.78 Å². The van der Waals surface area contributed by atoms with Crippen molar-refractivity contribution >= 4 is 22.3 Å². The van der Waals surface area contributed by atoms with E-state index >= 15 is 0 Å². The van der Waals surface area contributed by atoms with E-state index in [4.69, 9.17) is 4.99 Å². The molecule has 0 atom stereocenters. The third kappa shape index (κ3) is 3.19. The van der Waals surface area contributed by atoms with Crippen molar-refractivity contribution in [3.8, 4) is 5.69 Å². The third-order valence-corrected chi connectivity index (χ3v) is 4.04. The summed E-state index contributed by atoms with van der Waals surface area (Å²) in [5, 5.41) is 5.64. The molecule has 3 heteroatoms. The number of aromatic nitrogens is 2. The van der Waals surface area contributed by atoms with E-state index in [9.17, 15) is 0 Å². The van der Waals surface area contributed by atoms with Gasteiger partial charge < -0.3 is 0 Å². The van der Waals surface area contributed by atoms with Crippen LogP contribution in [0.25, 0.3) is 16.6 Å². The van der Waals surface area contributed by atoms with Crippen molar-refractivity contribution in [2.75, 3.05) is 0 Å². The Hall–Kier alpha value is -2.42. The van der Waals surface area contributed by atoms with Gasteiger partial charge in [-0.05, 0) is 36.8 Å². The normalized spacial score (nSPS) is 12.8. The van der Waals surface area contributed by atoms with Gasteiger partial charge in [0.15, 0.2) is 0 Å². The predicted molar refractivity (Wildman–Crippen MR) is 97.9 cm³/mol. The highest BCUT2D eigenvalue weighted by molar-refractivity contribution is 5.91. The molecule has 0 aliphatic rings. The lowest BCUT2D eigenvalue weighted by Crippen LogP contribution is -2.18. The number of para-hydroxylation sites is 1. The van der Waals surface area contributed by atoms with Crippen LogP contribution in [0.5, 0.6) is 0 Å². The first-order valence-electron chi connectivity index (χ1n) is 8.10. The summed E-state index contributed by atoms with van der Waals surface area (Å²) in [6.45, 7) is 8.78. The molecule has 0 saturated carbocycles. The number of benzene rings is 2. The molecule has 0 aliphatic carbocycles. The van der Waals surface area contributed by atoms with Crippen LogP contribution in [0.2, 0.25) is 0 Å². The first-order chi connectivity index (χ1) is 11.0. The quantitative estimate of drug-likeness (QED) is 0.583. The van der Waals surface area contributed by atoms with Crippen molar-refractivity contribution in [3.05, 3.63) is 54.7 Å². The Labute approximate surface area is 137 Å². The summed E-state index contributed by atoms with van der Waals surface area (Å²) in [6, 6.07) is 16.5. The number of aliphatic imine (C=N–C) groups is 1. The molecule has 1 aromatic heterocycles. The minimum Gasteiger partial charge on any atom is -0.257 e. The Morgan fingerprint density at radius 2 is 1.74 bits per heavy atom. The molecule has 23 heavy (non-hydrogen) atoms. The Morgan fingerprint density at radius 1 is 1.04 bits per heavy atom. The second-order valence-corrected chi connectivity index (χ2v) is 6.79. The Bertz CT molecular complexity index is 833. The average molecular weight is 305 g/mol. The molecule has 1 heterocycles. The minimum absolute atomic E-state index is 0.103. The maximum atomic E-state index is 4.82. The van der Waals surface area contributed by atoms with Crippen LogP contribution in [-0.4, -0.2) is 15.5 Å². The highest BCUT2D eigenvalue weighted by atomic mass is 15.3. The first-order valence-corrected chi connectivity index (χ1v) is 8.10. The number of fused-ring (bicyclic) bond motifs is 1. The fourth-order valence-corrected chi connectivity index (χ4v) is 2.78. The molecule has 0 unspecified atom stereocenters. The molecule has 0 fully saturated rings. The second kappa shape index (κ2) is 5.99. The van der Waals surface area contributed by atoms with E-state index in [0.717, 1.165) is 28.7 Å². The summed E-state index contributed by atoms with van der Waals surface area (Å²) in [5.74, 6) is 0. The van der Waals surface area contributed by atoms with Crippen LogP contribution in [0.3, 0.4) is 0 Å². The molecular weight excluding hydrogens is 282 g/mol. The van der Waals surface area contributed by atoms with Crippen LogP contribution in [0.4, 0.5) is 5.69 Å². The minimum atomic E-state index is 0.103. The van der Waals surface area contributed by atoms with E-state index in [1.807, 2.05) is 23.0 Å². The molecule has 118 valence electrons. The zero-order valence-electron chi connectivity index (χ0n) is 14.2. The lowest BCUT2D eigenvalue weighted by molar-refractivity contribution is 0.580. The summed E-state index contributed by atoms with van der Waals surface area (Å²) in [6.07, 6.45) is 2.87. The maximum Gasteiger partial charge on any atom is 0.0741 e. The Kier molecular flexibility index (Phi) is 4.03. The van der Waals surface area contributed by atoms with Crippen molar-refractivity contribution < 1.29 is 0 Å². The summed E-state index contributed by atoms with van der Waals surface area (Å²) in [4.78, 5) is 4.82. The van der Waals surface area contributed by atoms with E-state index in [1.54, 1.807) is 0 Å². The van der Waals surface area contributed by atoms with E-state index in [0.29, 0.717) is 0 Å². The summed E-state index contributed by atoms with van der Waals surface area (Å²) < 4.78 is 1.97. The van der Waals surface area contributed by atoms with Crippen molar-refractivity contribution in [2.45, 2.75) is 34.1 Å². The topological polar surface area (TPSA) is 30.2 Å². The van der Waals surface area contributed by atoms with Crippen LogP contribution >= 0.6 is 0 Å². The smallest absolute Gasteiger partial charge is 0.0741 e. The average Bonchev–Trinajstić information content (AvgIpc) is 2.96. The van der Waals surface area contributed by atoms with Gasteiger partial charge in [-0.1, -0.05) is 45.9 Å². The van der Waals surface area contributed by atoms with Gasteiger partial charge in [-0.25, -0.2) is 4.68 Å². The Balaban J connectivity index is 1.95. The third-order valence-electron chi connectivity index (χ3n) is 4.04. The van der Waals surface area contributed by atoms with E-state index in [-0.39, 0.29) is 5.41 Å². The molecule has 3 aromatic rings. The van der Waals surface area contributed by atoms with Crippen LogP contribution < -0.4 is 0 Å². The van der Waals surface area contributed by atoms with Crippen molar-refractivity contribution in [1.29, 1.82) is 0 Å². The second-order valence-electron chi connectivity index (χ2n) is 6.79. The van der Waals surface area contributed by atoms with E-state index < -0.39 is 0 Å².